The van der Waals surface area contributed by atoms with E-state index in [9.17, 15) is 9.59 Å². The molecule has 0 bridgehead atoms. The highest BCUT2D eigenvalue weighted by Gasteiger charge is 2.41. The van der Waals surface area contributed by atoms with Crippen molar-refractivity contribution >= 4 is 12.1 Å². The van der Waals surface area contributed by atoms with Crippen LogP contribution in [0, 0.1) is 11.3 Å². The van der Waals surface area contributed by atoms with E-state index < -0.39 is 11.6 Å². The Morgan fingerprint density at radius 2 is 2.00 bits per heavy atom. The van der Waals surface area contributed by atoms with Crippen molar-refractivity contribution in [3.63, 3.8) is 0 Å². The van der Waals surface area contributed by atoms with E-state index in [0.29, 0.717) is 6.54 Å². The standard InChI is InChI=1S/C16H30N2O4/c1-15(2,3)22-14(21)18-10-16(4,5)7-6-12(18)11(9-17)8-13(19)20/h11-12H,6-10,17H2,1-5H3,(H,19,20). The number of ether oxygens (including phenoxy) is 1. The molecule has 0 aromatic carbocycles. The molecule has 128 valence electrons. The first-order valence-electron chi connectivity index (χ1n) is 7.87. The Balaban J connectivity index is 2.96. The normalized spacial score (nSPS) is 23.0. The van der Waals surface area contributed by atoms with Crippen LogP contribution in [0.3, 0.4) is 0 Å². The summed E-state index contributed by atoms with van der Waals surface area (Å²) in [7, 11) is 0. The lowest BCUT2D eigenvalue weighted by Gasteiger charge is -2.46. The maximum atomic E-state index is 12.5. The van der Waals surface area contributed by atoms with E-state index in [2.05, 4.69) is 13.8 Å². The van der Waals surface area contributed by atoms with E-state index in [1.54, 1.807) is 4.90 Å². The van der Waals surface area contributed by atoms with Crippen molar-refractivity contribution in [3.05, 3.63) is 0 Å². The van der Waals surface area contributed by atoms with Crippen LogP contribution < -0.4 is 5.73 Å². The van der Waals surface area contributed by atoms with Crippen molar-refractivity contribution in [2.45, 2.75) is 65.5 Å². The SMILES string of the molecule is CC1(C)CCC(C(CN)CC(=O)O)N(C(=O)OC(C)(C)C)C1. The summed E-state index contributed by atoms with van der Waals surface area (Å²) in [6.45, 7) is 10.5. The van der Waals surface area contributed by atoms with Crippen LogP contribution in [0.4, 0.5) is 4.79 Å². The number of aliphatic carboxylic acids is 1. The van der Waals surface area contributed by atoms with Gasteiger partial charge in [0.15, 0.2) is 0 Å². The molecule has 6 nitrogen and oxygen atoms in total. The summed E-state index contributed by atoms with van der Waals surface area (Å²) in [6, 6.07) is -0.177. The van der Waals surface area contributed by atoms with Gasteiger partial charge in [-0.05, 0) is 45.6 Å². The minimum absolute atomic E-state index is 0.00419. The Morgan fingerprint density at radius 1 is 1.41 bits per heavy atom. The van der Waals surface area contributed by atoms with Crippen molar-refractivity contribution in [2.75, 3.05) is 13.1 Å². The van der Waals surface area contributed by atoms with Crippen molar-refractivity contribution in [2.24, 2.45) is 17.1 Å². The van der Waals surface area contributed by atoms with Crippen molar-refractivity contribution in [1.29, 1.82) is 0 Å². The fraction of sp³-hybridized carbons (Fsp3) is 0.875. The predicted octanol–water partition coefficient (Wildman–Crippen LogP) is 2.46. The second-order valence-electron chi connectivity index (χ2n) is 7.97. The molecule has 1 fully saturated rings. The van der Waals surface area contributed by atoms with Crippen molar-refractivity contribution < 1.29 is 19.4 Å². The first kappa shape index (κ1) is 18.7. The third kappa shape index (κ3) is 5.48. The number of carbonyl (C=O) groups excluding carboxylic acids is 1. The molecule has 0 aromatic rings. The van der Waals surface area contributed by atoms with Gasteiger partial charge in [0.2, 0.25) is 0 Å². The highest BCUT2D eigenvalue weighted by molar-refractivity contribution is 5.70. The van der Waals surface area contributed by atoms with Crippen LogP contribution in [0.5, 0.6) is 0 Å². The van der Waals surface area contributed by atoms with Gasteiger partial charge >= 0.3 is 12.1 Å². The lowest BCUT2D eigenvalue weighted by atomic mass is 9.77. The first-order valence-corrected chi connectivity index (χ1v) is 7.87. The van der Waals surface area contributed by atoms with Gasteiger partial charge in [-0.25, -0.2) is 4.79 Å². The van der Waals surface area contributed by atoms with Crippen LogP contribution in [0.1, 0.15) is 53.9 Å². The lowest BCUT2D eigenvalue weighted by Crippen LogP contribution is -2.55. The molecular weight excluding hydrogens is 284 g/mol. The number of nitrogens with two attached hydrogens (primary N) is 1. The largest absolute Gasteiger partial charge is 0.481 e. The van der Waals surface area contributed by atoms with Crippen LogP contribution in [0.25, 0.3) is 0 Å². The second-order valence-corrected chi connectivity index (χ2v) is 7.97. The van der Waals surface area contributed by atoms with Crippen LogP contribution in [-0.4, -0.2) is 46.8 Å². The summed E-state index contributed by atoms with van der Waals surface area (Å²) in [4.78, 5) is 25.3. The minimum Gasteiger partial charge on any atom is -0.481 e. The zero-order valence-electron chi connectivity index (χ0n) is 14.4. The lowest BCUT2D eigenvalue weighted by molar-refractivity contribution is -0.139. The van der Waals surface area contributed by atoms with Gasteiger partial charge in [0.05, 0.1) is 6.42 Å². The Kier molecular flexibility index (Phi) is 5.84. The molecule has 3 N–H and O–H groups in total. The Bertz CT molecular complexity index is 415. The molecule has 1 amide bonds. The van der Waals surface area contributed by atoms with Crippen LogP contribution in [0.15, 0.2) is 0 Å². The summed E-state index contributed by atoms with van der Waals surface area (Å²) in [5.41, 5.74) is 5.19. The highest BCUT2D eigenvalue weighted by Crippen LogP contribution is 2.36. The third-order valence-electron chi connectivity index (χ3n) is 4.03. The van der Waals surface area contributed by atoms with Gasteiger partial charge in [0.1, 0.15) is 5.60 Å². The average Bonchev–Trinajstić information content (AvgIpc) is 2.33. The molecule has 1 aliphatic heterocycles. The highest BCUT2D eigenvalue weighted by atomic mass is 16.6. The molecule has 0 aromatic heterocycles. The molecule has 6 heteroatoms. The number of carboxylic acids is 1. The number of amides is 1. The molecule has 1 rings (SSSR count). The van der Waals surface area contributed by atoms with Gasteiger partial charge in [-0.3, -0.25) is 4.79 Å². The quantitative estimate of drug-likeness (QED) is 0.831. The molecule has 0 spiro atoms. The number of piperidine rings is 1. The molecule has 1 saturated heterocycles. The Hall–Kier alpha value is -1.30. The van der Waals surface area contributed by atoms with E-state index in [-0.39, 0.29) is 36.4 Å². The molecule has 0 radical (unpaired) electrons. The third-order valence-corrected chi connectivity index (χ3v) is 4.03. The fourth-order valence-corrected chi connectivity index (χ4v) is 2.96. The summed E-state index contributed by atoms with van der Waals surface area (Å²) in [6.07, 6.45) is 1.28. The molecule has 22 heavy (non-hydrogen) atoms. The first-order chi connectivity index (χ1) is 9.95. The Morgan fingerprint density at radius 3 is 2.45 bits per heavy atom. The zero-order chi connectivity index (χ0) is 17.1. The molecule has 1 heterocycles. The van der Waals surface area contributed by atoms with E-state index in [0.717, 1.165) is 12.8 Å². The minimum atomic E-state index is -0.885. The number of hydrogen-bond acceptors (Lipinski definition) is 4. The van der Waals surface area contributed by atoms with Gasteiger partial charge in [-0.2, -0.15) is 0 Å². The van der Waals surface area contributed by atoms with E-state index >= 15 is 0 Å². The number of nitrogens with zero attached hydrogens (tertiary/aromatic N) is 1. The number of rotatable bonds is 4. The number of carbonyl (C=O) groups is 2. The molecule has 2 unspecified atom stereocenters. The van der Waals surface area contributed by atoms with E-state index in [4.69, 9.17) is 15.6 Å². The number of hydrogen-bond donors (Lipinski definition) is 2. The molecule has 1 aliphatic rings. The molecular formula is C16H30N2O4. The summed E-state index contributed by atoms with van der Waals surface area (Å²) in [5.74, 6) is -1.13. The van der Waals surface area contributed by atoms with Gasteiger partial charge in [-0.15, -0.1) is 0 Å². The van der Waals surface area contributed by atoms with Gasteiger partial charge < -0.3 is 20.5 Å². The predicted molar refractivity (Wildman–Crippen MR) is 84.5 cm³/mol. The summed E-state index contributed by atoms with van der Waals surface area (Å²) >= 11 is 0. The smallest absolute Gasteiger partial charge is 0.410 e. The number of carboxylic acid groups (broad SMARTS) is 1. The zero-order valence-corrected chi connectivity index (χ0v) is 14.4. The van der Waals surface area contributed by atoms with Crippen LogP contribution >= 0.6 is 0 Å². The van der Waals surface area contributed by atoms with E-state index in [1.807, 2.05) is 20.8 Å². The maximum absolute atomic E-state index is 12.5. The van der Waals surface area contributed by atoms with Gasteiger partial charge in [0, 0.05) is 18.5 Å². The average molecular weight is 314 g/mol. The van der Waals surface area contributed by atoms with E-state index in [1.165, 1.54) is 0 Å². The van der Waals surface area contributed by atoms with Gasteiger partial charge in [0.25, 0.3) is 0 Å². The number of likely N-dealkylation sites (tertiary alicyclic amines) is 1. The van der Waals surface area contributed by atoms with Crippen molar-refractivity contribution in [1.82, 2.24) is 4.90 Å². The van der Waals surface area contributed by atoms with Crippen molar-refractivity contribution in [3.8, 4) is 0 Å². The fourth-order valence-electron chi connectivity index (χ4n) is 2.96. The molecule has 2 atom stereocenters. The molecule has 0 aliphatic carbocycles. The topological polar surface area (TPSA) is 92.9 Å². The Labute approximate surface area is 133 Å². The van der Waals surface area contributed by atoms with Gasteiger partial charge in [-0.1, -0.05) is 13.8 Å². The summed E-state index contributed by atoms with van der Waals surface area (Å²) in [5, 5.41) is 9.07. The summed E-state index contributed by atoms with van der Waals surface area (Å²) < 4.78 is 5.50. The molecule has 0 saturated carbocycles. The monoisotopic (exact) mass is 314 g/mol. The van der Waals surface area contributed by atoms with Crippen LogP contribution in [-0.2, 0) is 9.53 Å². The second kappa shape index (κ2) is 6.86. The van der Waals surface area contributed by atoms with Crippen LogP contribution in [0.2, 0.25) is 0 Å². The maximum Gasteiger partial charge on any atom is 0.410 e.